The van der Waals surface area contributed by atoms with Gasteiger partial charge in [0.25, 0.3) is 0 Å². The molecule has 230 valence electrons. The topological polar surface area (TPSA) is 128 Å². The maximum Gasteiger partial charge on any atom is 0.319 e. The Labute approximate surface area is 253 Å². The Balaban J connectivity index is 1.59. The Bertz CT molecular complexity index is 1350. The second-order valence-electron chi connectivity index (χ2n) is 11.4. The monoisotopic (exact) mass is 620 g/mol. The van der Waals surface area contributed by atoms with Crippen LogP contribution >= 0.6 is 11.6 Å². The van der Waals surface area contributed by atoms with Gasteiger partial charge in [-0.15, -0.1) is 0 Å². The summed E-state index contributed by atoms with van der Waals surface area (Å²) in [6.07, 6.45) is 4.68. The molecule has 3 atom stereocenters. The van der Waals surface area contributed by atoms with Crippen LogP contribution in [0.3, 0.4) is 0 Å². The SMILES string of the molecule is C[C@H]1CN([C@@H](C)CO)C(=O)Cc2cc(NC(=O)NC3CCCCC3)ccc2O[C@@H]1CN(C)S(=O)(=O)c1ccc(Cl)cc1. The van der Waals surface area contributed by atoms with Crippen molar-refractivity contribution in [3.63, 3.8) is 0 Å². The van der Waals surface area contributed by atoms with Crippen molar-refractivity contribution in [2.45, 2.75) is 75.5 Å². The first-order valence-corrected chi connectivity index (χ1v) is 16.3. The lowest BCUT2D eigenvalue weighted by Crippen LogP contribution is -2.48. The number of hydrogen-bond donors (Lipinski definition) is 3. The van der Waals surface area contributed by atoms with Gasteiger partial charge in [-0.05, 0) is 62.2 Å². The molecule has 1 aliphatic heterocycles. The molecule has 42 heavy (non-hydrogen) atoms. The first-order valence-electron chi connectivity index (χ1n) is 14.5. The third-order valence-corrected chi connectivity index (χ3v) is 10.2. The number of anilines is 1. The fraction of sp³-hybridized carbons (Fsp3) is 0.533. The van der Waals surface area contributed by atoms with Crippen LogP contribution in [0.4, 0.5) is 10.5 Å². The molecule has 0 saturated heterocycles. The van der Waals surface area contributed by atoms with Crippen LogP contribution in [0.1, 0.15) is 51.5 Å². The molecular weight excluding hydrogens is 580 g/mol. The predicted molar refractivity (Wildman–Crippen MR) is 162 cm³/mol. The first kappa shape index (κ1) is 32.1. The normalized spacial score (nSPS) is 21.0. The average Bonchev–Trinajstić information content (AvgIpc) is 3.00. The maximum atomic E-state index is 13.5. The van der Waals surface area contributed by atoms with Crippen LogP contribution in [-0.4, -0.2) is 79.6 Å². The zero-order chi connectivity index (χ0) is 30.4. The molecule has 2 aromatic carbocycles. The van der Waals surface area contributed by atoms with Crippen LogP contribution in [0.2, 0.25) is 5.02 Å². The zero-order valence-electron chi connectivity index (χ0n) is 24.4. The summed E-state index contributed by atoms with van der Waals surface area (Å²) in [5, 5.41) is 16.2. The summed E-state index contributed by atoms with van der Waals surface area (Å²) in [7, 11) is -2.35. The minimum atomic E-state index is -3.84. The summed E-state index contributed by atoms with van der Waals surface area (Å²) in [5.74, 6) is -0.0371. The molecule has 2 aromatic rings. The van der Waals surface area contributed by atoms with Gasteiger partial charge in [0, 0.05) is 41.8 Å². The van der Waals surface area contributed by atoms with Gasteiger partial charge in [-0.2, -0.15) is 4.31 Å². The lowest BCUT2D eigenvalue weighted by molar-refractivity contribution is -0.134. The van der Waals surface area contributed by atoms with Gasteiger partial charge in [-0.3, -0.25) is 4.79 Å². The minimum absolute atomic E-state index is 0.00219. The number of nitrogens with zero attached hydrogens (tertiary/aromatic N) is 2. The minimum Gasteiger partial charge on any atom is -0.488 e. The molecule has 1 saturated carbocycles. The lowest BCUT2D eigenvalue weighted by Gasteiger charge is -2.33. The number of carbonyl (C=O) groups excluding carboxylic acids is 2. The molecule has 0 bridgehead atoms. The molecule has 10 nitrogen and oxygen atoms in total. The number of likely N-dealkylation sites (N-methyl/N-ethyl adjacent to an activating group) is 1. The highest BCUT2D eigenvalue weighted by molar-refractivity contribution is 7.89. The Morgan fingerprint density at radius 2 is 1.86 bits per heavy atom. The van der Waals surface area contributed by atoms with Crippen molar-refractivity contribution in [3.8, 4) is 5.75 Å². The number of benzene rings is 2. The van der Waals surface area contributed by atoms with E-state index in [1.54, 1.807) is 30.0 Å². The van der Waals surface area contributed by atoms with E-state index in [0.29, 0.717) is 22.0 Å². The quantitative estimate of drug-likeness (QED) is 0.405. The van der Waals surface area contributed by atoms with E-state index in [1.807, 2.05) is 6.92 Å². The molecule has 3 N–H and O–H groups in total. The molecule has 1 aliphatic carbocycles. The van der Waals surface area contributed by atoms with Crippen molar-refractivity contribution in [2.24, 2.45) is 5.92 Å². The van der Waals surface area contributed by atoms with Gasteiger partial charge >= 0.3 is 6.03 Å². The standard InChI is InChI=1S/C30H41ClN4O6S/c1-20-17-35(21(2)19-36)29(37)16-22-15-25(33-30(38)32-24-7-5-4-6-8-24)11-14-27(22)41-28(20)18-34(3)42(39,40)26-12-9-23(31)10-13-26/h9-15,20-21,24,28,36H,4-8,16-19H2,1-3H3,(H2,32,33,38)/t20-,21-,28+/m0/s1. The van der Waals surface area contributed by atoms with E-state index in [0.717, 1.165) is 25.7 Å². The van der Waals surface area contributed by atoms with Crippen LogP contribution in [0.5, 0.6) is 5.75 Å². The van der Waals surface area contributed by atoms with Gasteiger partial charge in [0.2, 0.25) is 15.9 Å². The number of nitrogens with one attached hydrogen (secondary N) is 2. The summed E-state index contributed by atoms with van der Waals surface area (Å²) in [4.78, 5) is 27.9. The number of urea groups is 1. The fourth-order valence-electron chi connectivity index (χ4n) is 5.46. The van der Waals surface area contributed by atoms with Crippen molar-refractivity contribution in [1.29, 1.82) is 0 Å². The van der Waals surface area contributed by atoms with Gasteiger partial charge in [0.15, 0.2) is 0 Å². The predicted octanol–water partition coefficient (Wildman–Crippen LogP) is 4.26. The molecule has 1 fully saturated rings. The van der Waals surface area contributed by atoms with Gasteiger partial charge in [-0.1, -0.05) is 37.8 Å². The summed E-state index contributed by atoms with van der Waals surface area (Å²) >= 11 is 5.95. The molecule has 0 unspecified atom stereocenters. The first-order chi connectivity index (χ1) is 20.0. The van der Waals surface area contributed by atoms with E-state index in [1.165, 1.54) is 42.0 Å². The third kappa shape index (κ3) is 7.94. The van der Waals surface area contributed by atoms with Gasteiger partial charge in [0.1, 0.15) is 11.9 Å². The molecule has 0 spiro atoms. The summed E-state index contributed by atoms with van der Waals surface area (Å²) in [6.45, 7) is 3.73. The molecule has 0 aromatic heterocycles. The molecule has 0 radical (unpaired) electrons. The van der Waals surface area contributed by atoms with Crippen LogP contribution in [0.15, 0.2) is 47.4 Å². The van der Waals surface area contributed by atoms with Crippen LogP contribution in [-0.2, 0) is 21.2 Å². The molecule has 12 heteroatoms. The molecular formula is C30H41ClN4O6S. The van der Waals surface area contributed by atoms with Crippen molar-refractivity contribution in [2.75, 3.05) is 32.1 Å². The number of aliphatic hydroxyl groups excluding tert-OH is 1. The fourth-order valence-corrected chi connectivity index (χ4v) is 6.77. The number of amides is 3. The van der Waals surface area contributed by atoms with E-state index in [-0.39, 0.29) is 54.9 Å². The van der Waals surface area contributed by atoms with Crippen LogP contribution in [0.25, 0.3) is 0 Å². The highest BCUT2D eigenvalue weighted by atomic mass is 35.5. The van der Waals surface area contributed by atoms with Gasteiger partial charge < -0.3 is 25.4 Å². The highest BCUT2D eigenvalue weighted by Gasteiger charge is 2.33. The van der Waals surface area contributed by atoms with Crippen LogP contribution < -0.4 is 15.4 Å². The second kappa shape index (κ2) is 14.1. The molecule has 3 amide bonds. The number of carbonyl (C=O) groups is 2. The van der Waals surface area contributed by atoms with E-state index < -0.39 is 22.2 Å². The van der Waals surface area contributed by atoms with Crippen molar-refractivity contribution < 1.29 is 27.9 Å². The number of fused-ring (bicyclic) bond motifs is 1. The van der Waals surface area contributed by atoms with E-state index in [2.05, 4.69) is 10.6 Å². The van der Waals surface area contributed by atoms with Crippen molar-refractivity contribution >= 4 is 39.2 Å². The number of ether oxygens (including phenoxy) is 1. The van der Waals surface area contributed by atoms with E-state index in [9.17, 15) is 23.1 Å². The third-order valence-electron chi connectivity index (χ3n) is 8.07. The number of aliphatic hydroxyl groups is 1. The highest BCUT2D eigenvalue weighted by Crippen LogP contribution is 2.30. The van der Waals surface area contributed by atoms with E-state index in [4.69, 9.17) is 16.3 Å². The summed E-state index contributed by atoms with van der Waals surface area (Å²) < 4.78 is 34.4. The van der Waals surface area contributed by atoms with Gasteiger partial charge in [-0.25, -0.2) is 13.2 Å². The van der Waals surface area contributed by atoms with Crippen LogP contribution in [0, 0.1) is 5.92 Å². The Morgan fingerprint density at radius 1 is 1.17 bits per heavy atom. The largest absolute Gasteiger partial charge is 0.488 e. The lowest BCUT2D eigenvalue weighted by atomic mass is 9.96. The zero-order valence-corrected chi connectivity index (χ0v) is 26.0. The summed E-state index contributed by atoms with van der Waals surface area (Å²) in [5.41, 5.74) is 1.08. The van der Waals surface area contributed by atoms with Crippen molar-refractivity contribution in [3.05, 3.63) is 53.1 Å². The Morgan fingerprint density at radius 3 is 2.52 bits per heavy atom. The van der Waals surface area contributed by atoms with E-state index >= 15 is 0 Å². The number of halogens is 1. The molecule has 4 rings (SSSR count). The Hall–Kier alpha value is -2.86. The molecule has 2 aliphatic rings. The second-order valence-corrected chi connectivity index (χ2v) is 13.9. The average molecular weight is 621 g/mol. The summed E-state index contributed by atoms with van der Waals surface area (Å²) in [6, 6.07) is 10.5. The number of sulfonamides is 1. The van der Waals surface area contributed by atoms with Crippen molar-refractivity contribution in [1.82, 2.24) is 14.5 Å². The smallest absolute Gasteiger partial charge is 0.319 e. The number of rotatable bonds is 8. The van der Waals surface area contributed by atoms with Gasteiger partial charge in [0.05, 0.1) is 30.5 Å². The molecule has 1 heterocycles. The Kier molecular flexibility index (Phi) is 10.7. The number of hydrogen-bond acceptors (Lipinski definition) is 6. The maximum absolute atomic E-state index is 13.5.